The molecule has 0 saturated heterocycles. The molecule has 4 rings (SSSR count). The SMILES string of the molecule is CCC[c-]1cccc1.[Cl-].[Cl-].[Zr+4].c1ccc2[cH-]c(-n3cccn3)cc2c1. The van der Waals surface area contributed by atoms with Gasteiger partial charge in [0.05, 0.1) is 0 Å². The van der Waals surface area contributed by atoms with Gasteiger partial charge in [0.25, 0.3) is 0 Å². The molecule has 0 spiro atoms. The van der Waals surface area contributed by atoms with Crippen molar-refractivity contribution in [2.24, 2.45) is 0 Å². The summed E-state index contributed by atoms with van der Waals surface area (Å²) in [6.07, 6.45) is 6.23. The Bertz CT molecular complexity index is 772. The average molecular weight is 451 g/mol. The molecule has 0 unspecified atom stereocenters. The number of fused-ring (bicyclic) bond motifs is 1. The molecule has 3 aromatic carbocycles. The molecule has 0 aliphatic rings. The molecule has 128 valence electrons. The van der Waals surface area contributed by atoms with E-state index in [0.29, 0.717) is 0 Å². The normalized spacial score (nSPS) is 9.16. The maximum Gasteiger partial charge on any atom is 4.00 e. The third kappa shape index (κ3) is 6.58. The maximum absolute atomic E-state index is 4.20. The van der Waals surface area contributed by atoms with E-state index in [9.17, 15) is 0 Å². The molecule has 0 saturated carbocycles. The van der Waals surface area contributed by atoms with E-state index in [1.807, 2.05) is 16.9 Å². The Hall–Kier alpha value is -1.15. The minimum absolute atomic E-state index is 0. The van der Waals surface area contributed by atoms with Gasteiger partial charge >= 0.3 is 26.2 Å². The van der Waals surface area contributed by atoms with Gasteiger partial charge in [-0.05, 0) is 11.8 Å². The van der Waals surface area contributed by atoms with Gasteiger partial charge in [0, 0.05) is 12.4 Å². The van der Waals surface area contributed by atoms with Gasteiger partial charge in [-0.25, -0.2) is 12.1 Å². The van der Waals surface area contributed by atoms with Crippen molar-refractivity contribution in [2.45, 2.75) is 19.8 Å². The van der Waals surface area contributed by atoms with Crippen LogP contribution in [-0.4, -0.2) is 9.78 Å². The first-order valence-corrected chi connectivity index (χ1v) is 7.73. The second kappa shape index (κ2) is 12.2. The van der Waals surface area contributed by atoms with Crippen molar-refractivity contribution >= 4 is 10.8 Å². The molecule has 5 heteroatoms. The zero-order chi connectivity index (χ0) is 15.2. The molecule has 0 aliphatic heterocycles. The van der Waals surface area contributed by atoms with E-state index in [4.69, 9.17) is 0 Å². The van der Waals surface area contributed by atoms with Crippen molar-refractivity contribution < 1.29 is 51.0 Å². The number of hydrogen-bond donors (Lipinski definition) is 0. The fourth-order valence-corrected chi connectivity index (χ4v) is 2.56. The molecule has 25 heavy (non-hydrogen) atoms. The van der Waals surface area contributed by atoms with E-state index < -0.39 is 0 Å². The first-order chi connectivity index (χ1) is 10.9. The van der Waals surface area contributed by atoms with Crippen LogP contribution in [0, 0.1) is 0 Å². The summed E-state index contributed by atoms with van der Waals surface area (Å²) < 4.78 is 1.88. The van der Waals surface area contributed by atoms with Gasteiger partial charge in [0.15, 0.2) is 0 Å². The molecule has 0 bridgehead atoms. The van der Waals surface area contributed by atoms with Crippen LogP contribution < -0.4 is 24.8 Å². The van der Waals surface area contributed by atoms with Crippen LogP contribution >= 0.6 is 0 Å². The van der Waals surface area contributed by atoms with Gasteiger partial charge in [0.2, 0.25) is 0 Å². The van der Waals surface area contributed by atoms with E-state index in [0.717, 1.165) is 5.69 Å². The summed E-state index contributed by atoms with van der Waals surface area (Å²) in [4.78, 5) is 0. The predicted octanol–water partition coefficient (Wildman–Crippen LogP) is -0.892. The first-order valence-electron chi connectivity index (χ1n) is 7.73. The number of hydrogen-bond acceptors (Lipinski definition) is 1. The number of rotatable bonds is 3. The second-order valence-corrected chi connectivity index (χ2v) is 5.34. The van der Waals surface area contributed by atoms with Crippen LogP contribution in [0.5, 0.6) is 0 Å². The summed E-state index contributed by atoms with van der Waals surface area (Å²) >= 11 is 0. The number of nitrogens with zero attached hydrogens (tertiary/aromatic N) is 2. The quantitative estimate of drug-likeness (QED) is 0.371. The zero-order valence-corrected chi connectivity index (χ0v) is 18.0. The average Bonchev–Trinajstić information content (AvgIpc) is 3.29. The minimum atomic E-state index is 0. The van der Waals surface area contributed by atoms with Crippen molar-refractivity contribution in [3.05, 3.63) is 84.7 Å². The Balaban J connectivity index is 0.000000462. The van der Waals surface area contributed by atoms with Gasteiger partial charge in [-0.15, -0.1) is 41.1 Å². The summed E-state index contributed by atoms with van der Waals surface area (Å²) in [7, 11) is 0. The standard InChI is InChI=1S/C12H9N2.C8H11.2ClH.Zr/c1-2-5-11-9-12(8-10(11)4-1)14-7-3-6-13-14;1-2-5-8-6-3-4-7-8;;;/h1-9H;3-4,6-7H,2,5H2,1H3;2*1H;/q2*-1;;;+4/p-2. The number of aryl methyl sites for hydroxylation is 1. The molecular weight excluding hydrogens is 430 g/mol. The van der Waals surface area contributed by atoms with E-state index in [1.165, 1.54) is 29.2 Å². The zero-order valence-electron chi connectivity index (χ0n) is 14.1. The molecule has 0 amide bonds. The first kappa shape index (κ1) is 23.9. The Morgan fingerprint density at radius 1 is 1.04 bits per heavy atom. The topological polar surface area (TPSA) is 17.8 Å². The van der Waals surface area contributed by atoms with Gasteiger partial charge in [0.1, 0.15) is 0 Å². The largest absolute Gasteiger partial charge is 4.00 e. The van der Waals surface area contributed by atoms with E-state index >= 15 is 0 Å². The molecule has 0 N–H and O–H groups in total. The van der Waals surface area contributed by atoms with E-state index in [-0.39, 0.29) is 51.0 Å². The molecule has 0 atom stereocenters. The van der Waals surface area contributed by atoms with Crippen LogP contribution in [0.15, 0.2) is 79.1 Å². The van der Waals surface area contributed by atoms with Crippen LogP contribution in [0.4, 0.5) is 0 Å². The summed E-state index contributed by atoms with van der Waals surface area (Å²) in [5.74, 6) is 0. The van der Waals surface area contributed by atoms with Crippen LogP contribution in [0.2, 0.25) is 0 Å². The fourth-order valence-electron chi connectivity index (χ4n) is 2.56. The summed E-state index contributed by atoms with van der Waals surface area (Å²) in [5, 5.41) is 6.72. The fraction of sp³-hybridized carbons (Fsp3) is 0.150. The van der Waals surface area contributed by atoms with Crippen LogP contribution in [-0.2, 0) is 32.6 Å². The molecule has 4 aromatic rings. The Morgan fingerprint density at radius 2 is 1.76 bits per heavy atom. The maximum atomic E-state index is 4.20. The number of halogens is 2. The van der Waals surface area contributed by atoms with E-state index in [2.05, 4.69) is 72.7 Å². The van der Waals surface area contributed by atoms with Crippen molar-refractivity contribution in [1.29, 1.82) is 0 Å². The van der Waals surface area contributed by atoms with Crippen molar-refractivity contribution in [2.75, 3.05) is 0 Å². The molecule has 1 heterocycles. The summed E-state index contributed by atoms with van der Waals surface area (Å²) in [6.45, 7) is 2.20. The molecule has 0 fully saturated rings. The Labute approximate surface area is 180 Å². The Morgan fingerprint density at radius 3 is 2.36 bits per heavy atom. The molecule has 0 radical (unpaired) electrons. The van der Waals surface area contributed by atoms with Crippen LogP contribution in [0.3, 0.4) is 0 Å². The summed E-state index contributed by atoms with van der Waals surface area (Å²) in [6, 6.07) is 23.1. The van der Waals surface area contributed by atoms with Gasteiger partial charge in [-0.3, -0.25) is 4.68 Å². The van der Waals surface area contributed by atoms with Crippen molar-refractivity contribution in [1.82, 2.24) is 9.78 Å². The smallest absolute Gasteiger partial charge is 1.00 e. The summed E-state index contributed by atoms with van der Waals surface area (Å²) in [5.41, 5.74) is 2.59. The minimum Gasteiger partial charge on any atom is -1.00 e. The molecule has 0 aliphatic carbocycles. The number of benzene rings is 1. The van der Waals surface area contributed by atoms with Crippen LogP contribution in [0.1, 0.15) is 18.9 Å². The Kier molecular flexibility index (Phi) is 11.7. The molecule has 2 nitrogen and oxygen atoms in total. The third-order valence-corrected chi connectivity index (χ3v) is 3.64. The van der Waals surface area contributed by atoms with Gasteiger partial charge < -0.3 is 24.8 Å². The van der Waals surface area contributed by atoms with Crippen molar-refractivity contribution in [3.8, 4) is 5.69 Å². The van der Waals surface area contributed by atoms with Crippen molar-refractivity contribution in [3.63, 3.8) is 0 Å². The van der Waals surface area contributed by atoms with Gasteiger partial charge in [-0.2, -0.15) is 22.8 Å². The van der Waals surface area contributed by atoms with Crippen LogP contribution in [0.25, 0.3) is 16.5 Å². The number of aromatic nitrogens is 2. The molecule has 1 aromatic heterocycles. The second-order valence-electron chi connectivity index (χ2n) is 5.34. The van der Waals surface area contributed by atoms with Gasteiger partial charge in [-0.1, -0.05) is 25.8 Å². The molecular formula is C20H20Cl2N2Zr. The predicted molar refractivity (Wildman–Crippen MR) is 92.7 cm³/mol. The monoisotopic (exact) mass is 448 g/mol. The van der Waals surface area contributed by atoms with E-state index in [1.54, 1.807) is 6.20 Å². The third-order valence-electron chi connectivity index (χ3n) is 3.64.